The molecule has 0 radical (unpaired) electrons. The minimum atomic E-state index is -0.580. The van der Waals surface area contributed by atoms with Crippen molar-refractivity contribution in [2.75, 3.05) is 18.4 Å². The molecule has 20 heavy (non-hydrogen) atoms. The number of amides is 2. The molecule has 1 saturated heterocycles. The van der Waals surface area contributed by atoms with Crippen LogP contribution in [0.4, 0.5) is 10.1 Å². The number of hydrogen-bond acceptors (Lipinski definition) is 3. The molecule has 1 aromatic carbocycles. The molecule has 0 atom stereocenters. The summed E-state index contributed by atoms with van der Waals surface area (Å²) in [5.74, 6) is -0.884. The topological polar surface area (TPSA) is 61.4 Å². The molecule has 0 unspecified atom stereocenters. The minimum Gasteiger partial charge on any atom is -0.362 e. The molecule has 6 heteroatoms. The first kappa shape index (κ1) is 12.9. The van der Waals surface area contributed by atoms with Crippen molar-refractivity contribution >= 4 is 17.5 Å². The molecule has 2 aliphatic rings. The molecular formula is C14H16FN3O2. The van der Waals surface area contributed by atoms with Crippen LogP contribution in [0.1, 0.15) is 30.1 Å². The summed E-state index contributed by atoms with van der Waals surface area (Å²) < 4.78 is 13.7. The van der Waals surface area contributed by atoms with Gasteiger partial charge in [-0.1, -0.05) is 6.07 Å². The van der Waals surface area contributed by atoms with Crippen LogP contribution in [0.5, 0.6) is 0 Å². The van der Waals surface area contributed by atoms with Crippen molar-refractivity contribution in [2.24, 2.45) is 0 Å². The molecule has 2 N–H and O–H groups in total. The highest BCUT2D eigenvalue weighted by molar-refractivity contribution is 6.02. The Hall–Kier alpha value is -2.11. The van der Waals surface area contributed by atoms with E-state index in [1.54, 1.807) is 17.0 Å². The SMILES string of the molecule is CC(=O)N1CCC2(CC1)NC(=O)c1c(F)cccc1N2. The van der Waals surface area contributed by atoms with Gasteiger partial charge in [0, 0.05) is 32.9 Å². The van der Waals surface area contributed by atoms with Crippen LogP contribution in [0.3, 0.4) is 0 Å². The molecule has 2 aliphatic heterocycles. The average molecular weight is 277 g/mol. The van der Waals surface area contributed by atoms with Gasteiger partial charge in [0.1, 0.15) is 11.5 Å². The number of rotatable bonds is 0. The Balaban J connectivity index is 1.86. The third kappa shape index (κ3) is 2.01. The summed E-state index contributed by atoms with van der Waals surface area (Å²) in [6.45, 7) is 2.69. The van der Waals surface area contributed by atoms with Crippen molar-refractivity contribution in [1.82, 2.24) is 10.2 Å². The normalized spacial score (nSPS) is 20.1. The van der Waals surface area contributed by atoms with E-state index in [1.165, 1.54) is 13.0 Å². The Morgan fingerprint density at radius 1 is 1.30 bits per heavy atom. The lowest BCUT2D eigenvalue weighted by Gasteiger charge is -2.45. The van der Waals surface area contributed by atoms with Crippen LogP contribution < -0.4 is 10.6 Å². The molecule has 1 spiro atoms. The molecule has 3 rings (SSSR count). The number of carbonyl (C=O) groups is 2. The largest absolute Gasteiger partial charge is 0.362 e. The fraction of sp³-hybridized carbons (Fsp3) is 0.429. The number of halogens is 1. The highest BCUT2D eigenvalue weighted by Crippen LogP contribution is 2.32. The summed E-state index contributed by atoms with van der Waals surface area (Å²) >= 11 is 0. The van der Waals surface area contributed by atoms with Gasteiger partial charge in [-0.2, -0.15) is 0 Å². The molecule has 1 fully saturated rings. The number of hydrogen-bond donors (Lipinski definition) is 2. The molecule has 0 aromatic heterocycles. The quantitative estimate of drug-likeness (QED) is 0.752. The van der Waals surface area contributed by atoms with Gasteiger partial charge in [0.25, 0.3) is 5.91 Å². The minimum absolute atomic E-state index is 0.0356. The van der Waals surface area contributed by atoms with Gasteiger partial charge in [0.05, 0.1) is 11.3 Å². The van der Waals surface area contributed by atoms with Gasteiger partial charge in [-0.25, -0.2) is 4.39 Å². The Morgan fingerprint density at radius 2 is 2.00 bits per heavy atom. The van der Waals surface area contributed by atoms with E-state index in [4.69, 9.17) is 0 Å². The summed E-state index contributed by atoms with van der Waals surface area (Å²) in [4.78, 5) is 25.2. The molecule has 0 saturated carbocycles. The van der Waals surface area contributed by atoms with Gasteiger partial charge in [0.15, 0.2) is 0 Å². The molecule has 2 amide bonds. The van der Waals surface area contributed by atoms with Gasteiger partial charge < -0.3 is 15.5 Å². The van der Waals surface area contributed by atoms with Gasteiger partial charge in [-0.05, 0) is 12.1 Å². The maximum atomic E-state index is 13.7. The molecule has 0 bridgehead atoms. The standard InChI is InChI=1S/C14H16FN3O2/c1-9(19)18-7-5-14(6-8-18)16-11-4-2-3-10(15)12(11)13(20)17-14/h2-4,16H,5-8H2,1H3,(H,17,20). The van der Waals surface area contributed by atoms with Gasteiger partial charge in [-0.3, -0.25) is 9.59 Å². The van der Waals surface area contributed by atoms with E-state index >= 15 is 0 Å². The van der Waals surface area contributed by atoms with Crippen LogP contribution in [0.15, 0.2) is 18.2 Å². The summed E-state index contributed by atoms with van der Waals surface area (Å²) in [6.07, 6.45) is 1.21. The monoisotopic (exact) mass is 277 g/mol. The van der Waals surface area contributed by atoms with E-state index in [-0.39, 0.29) is 11.5 Å². The van der Waals surface area contributed by atoms with E-state index < -0.39 is 17.4 Å². The van der Waals surface area contributed by atoms with Crippen LogP contribution in [-0.2, 0) is 4.79 Å². The zero-order valence-electron chi connectivity index (χ0n) is 11.2. The van der Waals surface area contributed by atoms with Crippen molar-refractivity contribution in [3.63, 3.8) is 0 Å². The Kier molecular flexibility index (Phi) is 2.88. The van der Waals surface area contributed by atoms with Crippen LogP contribution in [0.25, 0.3) is 0 Å². The first-order chi connectivity index (χ1) is 9.51. The van der Waals surface area contributed by atoms with Crippen molar-refractivity contribution in [1.29, 1.82) is 0 Å². The molecule has 5 nitrogen and oxygen atoms in total. The third-order valence-corrected chi connectivity index (χ3v) is 4.03. The second kappa shape index (κ2) is 4.47. The highest BCUT2D eigenvalue weighted by atomic mass is 19.1. The van der Waals surface area contributed by atoms with Gasteiger partial charge in [-0.15, -0.1) is 0 Å². The Morgan fingerprint density at radius 3 is 2.65 bits per heavy atom. The number of nitrogens with one attached hydrogen (secondary N) is 2. The fourth-order valence-corrected chi connectivity index (χ4v) is 2.88. The highest BCUT2D eigenvalue weighted by Gasteiger charge is 2.41. The number of piperidine rings is 1. The lowest BCUT2D eigenvalue weighted by Crippen LogP contribution is -2.62. The predicted molar refractivity (Wildman–Crippen MR) is 71.7 cm³/mol. The van der Waals surface area contributed by atoms with Crippen LogP contribution in [0, 0.1) is 5.82 Å². The maximum absolute atomic E-state index is 13.7. The number of carbonyl (C=O) groups excluding carboxylic acids is 2. The van der Waals surface area contributed by atoms with Crippen LogP contribution in [-0.4, -0.2) is 35.5 Å². The molecular weight excluding hydrogens is 261 g/mol. The number of nitrogens with zero attached hydrogens (tertiary/aromatic N) is 1. The van der Waals surface area contributed by atoms with E-state index in [0.717, 1.165) is 0 Å². The molecule has 2 heterocycles. The summed E-state index contributed by atoms with van der Waals surface area (Å²) in [7, 11) is 0. The predicted octanol–water partition coefficient (Wildman–Crippen LogP) is 1.32. The Bertz CT molecular complexity index is 580. The fourth-order valence-electron chi connectivity index (χ4n) is 2.88. The zero-order valence-corrected chi connectivity index (χ0v) is 11.2. The van der Waals surface area contributed by atoms with Gasteiger partial charge in [0.2, 0.25) is 5.91 Å². The molecule has 1 aromatic rings. The number of anilines is 1. The Labute approximate surface area is 116 Å². The summed E-state index contributed by atoms with van der Waals surface area (Å²) in [5, 5.41) is 6.09. The van der Waals surface area contributed by atoms with Crippen LogP contribution in [0.2, 0.25) is 0 Å². The first-order valence-corrected chi connectivity index (χ1v) is 6.65. The maximum Gasteiger partial charge on any atom is 0.258 e. The second-order valence-corrected chi connectivity index (χ2v) is 5.33. The number of benzene rings is 1. The van der Waals surface area contributed by atoms with E-state index in [9.17, 15) is 14.0 Å². The number of likely N-dealkylation sites (tertiary alicyclic amines) is 1. The van der Waals surface area contributed by atoms with Gasteiger partial charge >= 0.3 is 0 Å². The van der Waals surface area contributed by atoms with Crippen molar-refractivity contribution in [3.05, 3.63) is 29.6 Å². The lowest BCUT2D eigenvalue weighted by molar-refractivity contribution is -0.130. The average Bonchev–Trinajstić information content (AvgIpc) is 2.38. The second-order valence-electron chi connectivity index (χ2n) is 5.33. The lowest BCUT2D eigenvalue weighted by atomic mass is 9.92. The number of fused-ring (bicyclic) bond motifs is 1. The van der Waals surface area contributed by atoms with Crippen molar-refractivity contribution < 1.29 is 14.0 Å². The molecule has 0 aliphatic carbocycles. The summed E-state index contributed by atoms with van der Waals surface area (Å²) in [6, 6.07) is 4.56. The smallest absolute Gasteiger partial charge is 0.258 e. The van der Waals surface area contributed by atoms with E-state index in [0.29, 0.717) is 31.6 Å². The third-order valence-electron chi connectivity index (χ3n) is 4.03. The van der Waals surface area contributed by atoms with Crippen molar-refractivity contribution in [3.8, 4) is 0 Å². The van der Waals surface area contributed by atoms with E-state index in [1.807, 2.05) is 0 Å². The van der Waals surface area contributed by atoms with Crippen LogP contribution >= 0.6 is 0 Å². The first-order valence-electron chi connectivity index (χ1n) is 6.65. The zero-order chi connectivity index (χ0) is 14.3. The van der Waals surface area contributed by atoms with E-state index in [2.05, 4.69) is 10.6 Å². The summed E-state index contributed by atoms with van der Waals surface area (Å²) in [5.41, 5.74) is 0.00116. The van der Waals surface area contributed by atoms with Crippen molar-refractivity contribution in [2.45, 2.75) is 25.4 Å². The molecule has 106 valence electrons.